The minimum Gasteiger partial charge on any atom is -0.424 e. The first-order valence-electron chi connectivity index (χ1n) is 4.70. The summed E-state index contributed by atoms with van der Waals surface area (Å²) in [6.45, 7) is 2.82. The molecule has 4 nitrogen and oxygen atoms in total. The van der Waals surface area contributed by atoms with Gasteiger partial charge in [-0.1, -0.05) is 6.07 Å². The number of hydrogen-bond acceptors (Lipinski definition) is 3. The molecule has 0 fully saturated rings. The fraction of sp³-hybridized carbons (Fsp3) is 0.273. The number of hydrogen-bond donors (Lipinski definition) is 1. The Morgan fingerprint density at radius 2 is 2.06 bits per heavy atom. The highest BCUT2D eigenvalue weighted by molar-refractivity contribution is 5.72. The molecule has 0 aliphatic heterocycles. The van der Waals surface area contributed by atoms with Crippen LogP contribution in [0.4, 0.5) is 4.39 Å². The molecule has 1 aromatic carbocycles. The van der Waals surface area contributed by atoms with Crippen LogP contribution in [0, 0.1) is 5.82 Å². The largest absolute Gasteiger partial charge is 0.424 e. The Labute approximate surface area is 92.4 Å². The first kappa shape index (κ1) is 12.2. The Morgan fingerprint density at radius 1 is 1.38 bits per heavy atom. The minimum absolute atomic E-state index is 0.112. The predicted octanol–water partition coefficient (Wildman–Crippen LogP) is 1.39. The molecule has 0 bridgehead atoms. The number of carbonyl (C=O) groups excluding carboxylic acids is 2. The zero-order valence-corrected chi connectivity index (χ0v) is 9.04. The van der Waals surface area contributed by atoms with E-state index in [-0.39, 0.29) is 18.2 Å². The van der Waals surface area contributed by atoms with Gasteiger partial charge in [0.05, 0.1) is 0 Å². The van der Waals surface area contributed by atoms with E-state index in [4.69, 9.17) is 0 Å². The van der Waals surface area contributed by atoms with Crippen LogP contribution in [0.1, 0.15) is 19.4 Å². The zero-order valence-electron chi connectivity index (χ0n) is 9.04. The lowest BCUT2D eigenvalue weighted by Gasteiger charge is -2.06. The number of benzene rings is 1. The van der Waals surface area contributed by atoms with Crippen molar-refractivity contribution in [2.24, 2.45) is 0 Å². The first-order chi connectivity index (χ1) is 7.49. The topological polar surface area (TPSA) is 55.4 Å². The van der Waals surface area contributed by atoms with Crippen molar-refractivity contribution in [1.82, 2.24) is 5.32 Å². The molecule has 1 N–H and O–H groups in total. The van der Waals surface area contributed by atoms with Gasteiger partial charge in [0, 0.05) is 20.4 Å². The van der Waals surface area contributed by atoms with Gasteiger partial charge in [-0.25, -0.2) is 4.39 Å². The highest BCUT2D eigenvalue weighted by Gasteiger charge is 2.07. The lowest BCUT2D eigenvalue weighted by Crippen LogP contribution is -2.19. The number of nitrogens with one attached hydrogen (secondary N) is 1. The monoisotopic (exact) mass is 225 g/mol. The van der Waals surface area contributed by atoms with Crippen LogP contribution in [0.3, 0.4) is 0 Å². The van der Waals surface area contributed by atoms with E-state index in [1.54, 1.807) is 6.07 Å². The minimum atomic E-state index is -0.627. The second-order valence-corrected chi connectivity index (χ2v) is 3.27. The highest BCUT2D eigenvalue weighted by atomic mass is 19.1. The summed E-state index contributed by atoms with van der Waals surface area (Å²) in [5.74, 6) is -1.50. The van der Waals surface area contributed by atoms with Crippen LogP contribution in [0.25, 0.3) is 0 Å². The van der Waals surface area contributed by atoms with Gasteiger partial charge in [-0.3, -0.25) is 9.59 Å². The number of amides is 1. The van der Waals surface area contributed by atoms with Gasteiger partial charge in [-0.05, 0) is 17.7 Å². The Kier molecular flexibility index (Phi) is 3.99. The molecule has 0 aliphatic carbocycles. The summed E-state index contributed by atoms with van der Waals surface area (Å²) in [5.41, 5.74) is 0.601. The van der Waals surface area contributed by atoms with Crippen LogP contribution in [-0.2, 0) is 16.1 Å². The lowest BCUT2D eigenvalue weighted by atomic mass is 10.2. The fourth-order valence-corrected chi connectivity index (χ4v) is 1.12. The molecule has 5 heteroatoms. The van der Waals surface area contributed by atoms with Crippen molar-refractivity contribution in [3.8, 4) is 5.75 Å². The van der Waals surface area contributed by atoms with Crippen molar-refractivity contribution in [3.05, 3.63) is 29.6 Å². The van der Waals surface area contributed by atoms with Gasteiger partial charge in [-0.15, -0.1) is 0 Å². The van der Waals surface area contributed by atoms with Crippen LogP contribution in [0.15, 0.2) is 18.2 Å². The van der Waals surface area contributed by atoms with Gasteiger partial charge in [0.1, 0.15) is 0 Å². The van der Waals surface area contributed by atoms with Crippen molar-refractivity contribution >= 4 is 11.9 Å². The standard InChI is InChI=1S/C11H12FNO3/c1-7(14)13-6-9-3-4-11(10(12)5-9)16-8(2)15/h3-5H,6H2,1-2H3,(H,13,14). The number of rotatable bonds is 3. The molecule has 1 aromatic rings. The fourth-order valence-electron chi connectivity index (χ4n) is 1.12. The smallest absolute Gasteiger partial charge is 0.308 e. The molecule has 0 unspecified atom stereocenters. The number of esters is 1. The normalized spacial score (nSPS) is 9.69. The summed E-state index contributed by atoms with van der Waals surface area (Å²) in [5, 5.41) is 2.54. The van der Waals surface area contributed by atoms with E-state index in [1.165, 1.54) is 26.0 Å². The molecule has 0 aromatic heterocycles. The molecule has 16 heavy (non-hydrogen) atoms. The molecular formula is C11H12FNO3. The van der Waals surface area contributed by atoms with E-state index in [1.807, 2.05) is 0 Å². The van der Waals surface area contributed by atoms with Crippen LogP contribution in [0.5, 0.6) is 5.75 Å². The Bertz CT molecular complexity index is 418. The summed E-state index contributed by atoms with van der Waals surface area (Å²) in [6.07, 6.45) is 0. The zero-order chi connectivity index (χ0) is 12.1. The molecule has 0 spiro atoms. The van der Waals surface area contributed by atoms with Gasteiger partial charge in [0.15, 0.2) is 11.6 Å². The average Bonchev–Trinajstić information content (AvgIpc) is 2.18. The third-order valence-electron chi connectivity index (χ3n) is 1.79. The predicted molar refractivity (Wildman–Crippen MR) is 55.2 cm³/mol. The van der Waals surface area contributed by atoms with Crippen molar-refractivity contribution in [1.29, 1.82) is 0 Å². The number of halogens is 1. The maximum atomic E-state index is 13.3. The second kappa shape index (κ2) is 5.25. The van der Waals surface area contributed by atoms with Gasteiger partial charge in [0.2, 0.25) is 5.91 Å². The van der Waals surface area contributed by atoms with Crippen molar-refractivity contribution in [2.75, 3.05) is 0 Å². The van der Waals surface area contributed by atoms with Crippen molar-refractivity contribution in [3.63, 3.8) is 0 Å². The molecule has 0 atom stereocenters. The van der Waals surface area contributed by atoms with Crippen LogP contribution in [0.2, 0.25) is 0 Å². The van der Waals surface area contributed by atoms with Crippen LogP contribution >= 0.6 is 0 Å². The van der Waals surface area contributed by atoms with E-state index in [0.29, 0.717) is 5.56 Å². The van der Waals surface area contributed by atoms with E-state index >= 15 is 0 Å². The van der Waals surface area contributed by atoms with Gasteiger partial charge < -0.3 is 10.1 Å². The number of carbonyl (C=O) groups is 2. The summed E-state index contributed by atoms with van der Waals surface area (Å²) >= 11 is 0. The van der Waals surface area contributed by atoms with Gasteiger partial charge in [0.25, 0.3) is 0 Å². The summed E-state index contributed by atoms with van der Waals surface area (Å²) in [6, 6.07) is 4.15. The Hall–Kier alpha value is -1.91. The Morgan fingerprint density at radius 3 is 2.56 bits per heavy atom. The van der Waals surface area contributed by atoms with E-state index in [2.05, 4.69) is 10.1 Å². The second-order valence-electron chi connectivity index (χ2n) is 3.27. The van der Waals surface area contributed by atoms with Crippen LogP contribution in [-0.4, -0.2) is 11.9 Å². The molecule has 1 amide bonds. The molecule has 86 valence electrons. The Balaban J connectivity index is 2.74. The summed E-state index contributed by atoms with van der Waals surface area (Å²) in [4.78, 5) is 21.3. The lowest BCUT2D eigenvalue weighted by molar-refractivity contribution is -0.132. The molecule has 0 heterocycles. The molecular weight excluding hydrogens is 213 g/mol. The third-order valence-corrected chi connectivity index (χ3v) is 1.79. The first-order valence-corrected chi connectivity index (χ1v) is 4.70. The summed E-state index contributed by atoms with van der Waals surface area (Å²) in [7, 11) is 0. The van der Waals surface area contributed by atoms with Crippen molar-refractivity contribution in [2.45, 2.75) is 20.4 Å². The molecule has 0 saturated heterocycles. The average molecular weight is 225 g/mol. The van der Waals surface area contributed by atoms with E-state index in [0.717, 1.165) is 0 Å². The maximum absolute atomic E-state index is 13.3. The SMILES string of the molecule is CC(=O)NCc1ccc(OC(C)=O)c(F)c1. The van der Waals surface area contributed by atoms with Crippen molar-refractivity contribution < 1.29 is 18.7 Å². The van der Waals surface area contributed by atoms with E-state index < -0.39 is 11.8 Å². The van der Waals surface area contributed by atoms with Gasteiger partial charge in [-0.2, -0.15) is 0 Å². The molecule has 1 rings (SSSR count). The summed E-state index contributed by atoms with van der Waals surface area (Å²) < 4.78 is 18.0. The molecule has 0 saturated carbocycles. The quantitative estimate of drug-likeness (QED) is 0.624. The van der Waals surface area contributed by atoms with E-state index in [9.17, 15) is 14.0 Å². The number of ether oxygens (including phenoxy) is 1. The maximum Gasteiger partial charge on any atom is 0.308 e. The highest BCUT2D eigenvalue weighted by Crippen LogP contribution is 2.18. The van der Waals surface area contributed by atoms with Crippen LogP contribution < -0.4 is 10.1 Å². The van der Waals surface area contributed by atoms with Gasteiger partial charge >= 0.3 is 5.97 Å². The third kappa shape index (κ3) is 3.68. The molecule has 0 aliphatic rings. The molecule has 0 radical (unpaired) electrons.